The molecule has 4 aromatic rings. The van der Waals surface area contributed by atoms with Gasteiger partial charge < -0.3 is 4.57 Å². The number of imidazole rings is 1. The molecule has 0 radical (unpaired) electrons. The Labute approximate surface area is 131 Å². The molecular formula is C16H13N5S. The first-order valence-corrected chi connectivity index (χ1v) is 7.73. The van der Waals surface area contributed by atoms with E-state index in [-0.39, 0.29) is 0 Å². The Hall–Kier alpha value is -2.73. The maximum Gasteiger partial charge on any atom is 0.150 e. The van der Waals surface area contributed by atoms with E-state index in [1.807, 2.05) is 42.9 Å². The lowest BCUT2D eigenvalue weighted by atomic mass is 10.3. The third kappa shape index (κ3) is 2.44. The van der Waals surface area contributed by atoms with Crippen LogP contribution in [0.25, 0.3) is 21.3 Å². The van der Waals surface area contributed by atoms with Crippen LogP contribution in [-0.2, 0) is 6.54 Å². The zero-order valence-electron chi connectivity index (χ0n) is 11.7. The van der Waals surface area contributed by atoms with E-state index in [1.54, 1.807) is 17.5 Å². The molecule has 0 aliphatic carbocycles. The Morgan fingerprint density at radius 3 is 2.73 bits per heavy atom. The number of thiophene rings is 1. The molecule has 1 N–H and O–H groups in total. The van der Waals surface area contributed by atoms with Crippen molar-refractivity contribution in [1.82, 2.24) is 24.7 Å². The van der Waals surface area contributed by atoms with Gasteiger partial charge in [-0.3, -0.25) is 10.1 Å². The van der Waals surface area contributed by atoms with E-state index in [0.29, 0.717) is 6.54 Å². The molecule has 4 heterocycles. The van der Waals surface area contributed by atoms with Crippen molar-refractivity contribution in [2.75, 3.05) is 0 Å². The molecule has 6 heteroatoms. The van der Waals surface area contributed by atoms with Crippen LogP contribution in [0.1, 0.15) is 5.69 Å². The van der Waals surface area contributed by atoms with Crippen LogP contribution in [0.5, 0.6) is 0 Å². The molecule has 22 heavy (non-hydrogen) atoms. The van der Waals surface area contributed by atoms with Crippen molar-refractivity contribution in [1.29, 1.82) is 0 Å². The van der Waals surface area contributed by atoms with Crippen LogP contribution in [0.4, 0.5) is 0 Å². The molecule has 0 atom stereocenters. The predicted molar refractivity (Wildman–Crippen MR) is 86.5 cm³/mol. The molecule has 0 unspecified atom stereocenters. The van der Waals surface area contributed by atoms with Gasteiger partial charge in [-0.05, 0) is 30.3 Å². The predicted octanol–water partition coefficient (Wildman–Crippen LogP) is 3.45. The number of nitrogens with one attached hydrogen (secondary N) is 1. The first-order valence-electron chi connectivity index (χ1n) is 6.91. The van der Waals surface area contributed by atoms with Crippen molar-refractivity contribution < 1.29 is 0 Å². The van der Waals surface area contributed by atoms with E-state index in [9.17, 15) is 0 Å². The van der Waals surface area contributed by atoms with Crippen LogP contribution in [0, 0.1) is 0 Å². The van der Waals surface area contributed by atoms with Gasteiger partial charge in [0.2, 0.25) is 0 Å². The summed E-state index contributed by atoms with van der Waals surface area (Å²) < 4.78 is 2.12. The SMILES string of the molecule is c1ccc(Cn2ccnc2-c2ccc(-c3ccn[nH]3)s2)nc1. The van der Waals surface area contributed by atoms with Gasteiger partial charge in [-0.15, -0.1) is 11.3 Å². The van der Waals surface area contributed by atoms with Gasteiger partial charge in [0.15, 0.2) is 0 Å². The van der Waals surface area contributed by atoms with E-state index in [1.165, 1.54) is 0 Å². The highest BCUT2D eigenvalue weighted by atomic mass is 32.1. The molecule has 0 saturated heterocycles. The molecule has 108 valence electrons. The Kier molecular flexibility index (Phi) is 3.29. The zero-order chi connectivity index (χ0) is 14.8. The van der Waals surface area contributed by atoms with Crippen molar-refractivity contribution in [2.24, 2.45) is 0 Å². The summed E-state index contributed by atoms with van der Waals surface area (Å²) in [5.41, 5.74) is 2.05. The summed E-state index contributed by atoms with van der Waals surface area (Å²) in [7, 11) is 0. The fourth-order valence-corrected chi connectivity index (χ4v) is 3.32. The van der Waals surface area contributed by atoms with E-state index in [0.717, 1.165) is 27.0 Å². The summed E-state index contributed by atoms with van der Waals surface area (Å²) in [4.78, 5) is 11.2. The Bertz CT molecular complexity index is 861. The van der Waals surface area contributed by atoms with Crippen LogP contribution in [0.2, 0.25) is 0 Å². The minimum absolute atomic E-state index is 0.716. The molecule has 0 amide bonds. The fourth-order valence-electron chi connectivity index (χ4n) is 2.32. The average molecular weight is 307 g/mol. The number of aromatic amines is 1. The number of rotatable bonds is 4. The monoisotopic (exact) mass is 307 g/mol. The Morgan fingerprint density at radius 1 is 0.955 bits per heavy atom. The second kappa shape index (κ2) is 5.57. The van der Waals surface area contributed by atoms with Gasteiger partial charge in [0.05, 0.1) is 27.7 Å². The molecule has 0 aromatic carbocycles. The summed E-state index contributed by atoms with van der Waals surface area (Å²) in [5.74, 6) is 0.960. The normalized spacial score (nSPS) is 10.9. The summed E-state index contributed by atoms with van der Waals surface area (Å²) in [5, 5.41) is 6.99. The van der Waals surface area contributed by atoms with Gasteiger partial charge in [0.25, 0.3) is 0 Å². The molecule has 4 aromatic heterocycles. The highest BCUT2D eigenvalue weighted by molar-refractivity contribution is 7.18. The van der Waals surface area contributed by atoms with Gasteiger partial charge in [-0.1, -0.05) is 6.07 Å². The standard InChI is InChI=1S/C16H13N5S/c1-2-7-17-12(3-1)11-21-10-9-18-16(21)15-5-4-14(22-15)13-6-8-19-20-13/h1-10H,11H2,(H,19,20). The third-order valence-electron chi connectivity index (χ3n) is 3.37. The largest absolute Gasteiger partial charge is 0.324 e. The molecule has 0 aliphatic heterocycles. The highest BCUT2D eigenvalue weighted by Crippen LogP contribution is 2.32. The van der Waals surface area contributed by atoms with Crippen molar-refractivity contribution in [2.45, 2.75) is 6.54 Å². The van der Waals surface area contributed by atoms with E-state index < -0.39 is 0 Å². The van der Waals surface area contributed by atoms with E-state index in [2.05, 4.69) is 36.9 Å². The molecule has 4 rings (SSSR count). The van der Waals surface area contributed by atoms with Crippen molar-refractivity contribution in [3.63, 3.8) is 0 Å². The molecule has 5 nitrogen and oxygen atoms in total. The van der Waals surface area contributed by atoms with Crippen LogP contribution in [-0.4, -0.2) is 24.7 Å². The van der Waals surface area contributed by atoms with Crippen molar-refractivity contribution in [3.8, 4) is 21.3 Å². The number of nitrogens with zero attached hydrogens (tertiary/aromatic N) is 4. The zero-order valence-corrected chi connectivity index (χ0v) is 12.5. The second-order valence-corrected chi connectivity index (χ2v) is 5.92. The smallest absolute Gasteiger partial charge is 0.150 e. The van der Waals surface area contributed by atoms with Crippen molar-refractivity contribution in [3.05, 3.63) is 66.9 Å². The second-order valence-electron chi connectivity index (χ2n) is 4.83. The topological polar surface area (TPSA) is 59.4 Å². The van der Waals surface area contributed by atoms with Gasteiger partial charge >= 0.3 is 0 Å². The Morgan fingerprint density at radius 2 is 1.91 bits per heavy atom. The number of hydrogen-bond acceptors (Lipinski definition) is 4. The fraction of sp³-hybridized carbons (Fsp3) is 0.0625. The number of pyridine rings is 1. The highest BCUT2D eigenvalue weighted by Gasteiger charge is 2.11. The van der Waals surface area contributed by atoms with Gasteiger partial charge in [-0.25, -0.2) is 4.98 Å². The lowest BCUT2D eigenvalue weighted by molar-refractivity contribution is 0.783. The lowest BCUT2D eigenvalue weighted by Crippen LogP contribution is -2.01. The van der Waals surface area contributed by atoms with Crippen molar-refractivity contribution >= 4 is 11.3 Å². The Balaban J connectivity index is 1.65. The molecule has 0 aliphatic rings. The van der Waals surface area contributed by atoms with Crippen LogP contribution >= 0.6 is 11.3 Å². The maximum atomic E-state index is 4.50. The summed E-state index contributed by atoms with van der Waals surface area (Å²) in [6.45, 7) is 0.716. The quantitative estimate of drug-likeness (QED) is 0.628. The van der Waals surface area contributed by atoms with Crippen LogP contribution < -0.4 is 0 Å². The average Bonchev–Trinajstić information content (AvgIpc) is 3.29. The number of H-pyrrole nitrogens is 1. The summed E-state index contributed by atoms with van der Waals surface area (Å²) in [6.07, 6.45) is 7.39. The molecule has 0 saturated carbocycles. The molecule has 0 fully saturated rings. The van der Waals surface area contributed by atoms with E-state index >= 15 is 0 Å². The summed E-state index contributed by atoms with van der Waals surface area (Å²) >= 11 is 1.70. The van der Waals surface area contributed by atoms with Gasteiger partial charge in [0, 0.05) is 24.8 Å². The first kappa shape index (κ1) is 13.0. The molecular weight excluding hydrogens is 294 g/mol. The molecule has 0 spiro atoms. The minimum atomic E-state index is 0.716. The first-order chi connectivity index (χ1) is 10.9. The molecule has 0 bridgehead atoms. The van der Waals surface area contributed by atoms with Crippen LogP contribution in [0.3, 0.4) is 0 Å². The maximum absolute atomic E-state index is 4.50. The number of aromatic nitrogens is 5. The lowest BCUT2D eigenvalue weighted by Gasteiger charge is -2.05. The van der Waals surface area contributed by atoms with E-state index in [4.69, 9.17) is 0 Å². The third-order valence-corrected chi connectivity index (χ3v) is 4.48. The summed E-state index contributed by atoms with van der Waals surface area (Å²) in [6, 6.07) is 12.1. The minimum Gasteiger partial charge on any atom is -0.324 e. The van der Waals surface area contributed by atoms with Gasteiger partial charge in [0.1, 0.15) is 5.82 Å². The number of hydrogen-bond donors (Lipinski definition) is 1. The van der Waals surface area contributed by atoms with Crippen LogP contribution in [0.15, 0.2) is 61.2 Å². The van der Waals surface area contributed by atoms with Gasteiger partial charge in [-0.2, -0.15) is 5.10 Å².